The van der Waals surface area contributed by atoms with Gasteiger partial charge in [-0.2, -0.15) is 0 Å². The summed E-state index contributed by atoms with van der Waals surface area (Å²) in [5, 5.41) is 187. The summed E-state index contributed by atoms with van der Waals surface area (Å²) in [6.45, 7) is 2.35. The maximum Gasteiger partial charge on any atom is 0.262 e. The third kappa shape index (κ3) is 25.6. The molecule has 46 nitrogen and oxygen atoms in total. The van der Waals surface area contributed by atoms with Crippen LogP contribution in [0.15, 0.2) is 127 Å². The lowest BCUT2D eigenvalue weighted by atomic mass is 9.89. The molecule has 0 radical (unpaired) electrons. The Kier molecular flexibility index (Phi) is 35.9. The minimum absolute atomic E-state index is 0.0767. The van der Waals surface area contributed by atoms with E-state index in [4.69, 9.17) is 77.3 Å². The molecule has 48 heteroatoms. The van der Waals surface area contributed by atoms with E-state index in [1.54, 1.807) is 19.0 Å². The fourth-order valence-corrected chi connectivity index (χ4v) is 18.5. The number of amides is 10. The molecule has 9 aliphatic heterocycles. The van der Waals surface area contributed by atoms with Crippen LogP contribution in [0.2, 0.25) is 10.0 Å². The van der Waals surface area contributed by atoms with Gasteiger partial charge in [-0.1, -0.05) is 93.4 Å². The monoisotopic (exact) mass is 2090 g/mol. The van der Waals surface area contributed by atoms with Crippen LogP contribution in [0.3, 0.4) is 0 Å². The zero-order chi connectivity index (χ0) is 106. The van der Waals surface area contributed by atoms with Crippen LogP contribution in [-0.4, -0.2) is 287 Å². The number of carbonyl (C=O) groups is 10. The number of phenolic OH excluding ortho intramolecular Hbond substituents is 4. The molecule has 792 valence electrons. The summed E-state index contributed by atoms with van der Waals surface area (Å²) in [5.41, 5.74) is 8.60. The molecule has 0 unspecified atom stereocenters. The van der Waals surface area contributed by atoms with E-state index in [-0.39, 0.29) is 59.8 Å². The van der Waals surface area contributed by atoms with Crippen LogP contribution in [0.1, 0.15) is 160 Å². The van der Waals surface area contributed by atoms with Crippen LogP contribution in [0.4, 0.5) is 0 Å². The maximum absolute atomic E-state index is 17.3. The fourth-order valence-electron chi connectivity index (χ4n) is 18.0. The quantitative estimate of drug-likeness (QED) is 0.0299. The Balaban J connectivity index is 1.04. The number of rotatable bonds is 29. The van der Waals surface area contributed by atoms with Crippen molar-refractivity contribution in [2.24, 2.45) is 17.4 Å². The number of carbonyl (C=O) groups excluding carboxylic acids is 10. The molecule has 9 heterocycles. The van der Waals surface area contributed by atoms with Crippen LogP contribution < -0.4 is 88.3 Å². The topological polar surface area (TPSA) is 713 Å². The van der Waals surface area contributed by atoms with Crippen LogP contribution in [0, 0.1) is 5.92 Å². The minimum atomic E-state index is -2.56. The van der Waals surface area contributed by atoms with Gasteiger partial charge in [0.25, 0.3) is 6.29 Å². The van der Waals surface area contributed by atoms with E-state index >= 15 is 33.6 Å². The highest BCUT2D eigenvalue weighted by Crippen LogP contribution is 2.52. The standard InChI is InChI=1S/C99H119Cl2N13O33/c1-42(2)13-8-6-7-9-15-70(123)107-78-84(128)81(125)68(40-116)144-98(78)147-88-65-34-49-35-66(88)141-62-23-19-47(32-56(62)101)87(146-97-77(105-43(3)118)83(127)80(124)67(39-115)143-97)79-96(138)112-76(91(133)104-25-12-26-114(4)5)54-37-51(120)38-64(142-99-86(130)85(129)82(126)69(41-117)145-99)71(54)53-31-45(17-20-59(53)121)72(93(135)113-79)110-95(137)75(49)111-94(136)74-48-29-50(119)36-52(30-48)139-63-33-46(18-21-60(63)122)73(108-89(131)57(103)14-10-11-24-102)92(134)106-58(90(132)109-74)28-44-16-22-61(140-65)55(100)27-44/h16-23,27,29-38,42,57-58,67-69,72-84,87,97-99,115-117,119-122,124-130H,6-15,24-26,28,39-41,102-103H2,1-5H3,(H,104,133)(H,105,118)(H,106,134)(H,107,123)(H,108,131)(H,109,132)(H,110,137)(H,111,136)(H,112,138)(H,113,135)/t57-,58+,67+,68+,69+,72+,73-,74-,75+,76+,77+,78+,79-,80+,81+,82+,83+,84+,87+,97-,98-,99-/m0/s1. The van der Waals surface area contributed by atoms with Crippen molar-refractivity contribution in [2.75, 3.05) is 53.6 Å². The van der Waals surface area contributed by atoms with E-state index < -0.39 is 333 Å². The van der Waals surface area contributed by atoms with Crippen molar-refractivity contribution in [3.63, 3.8) is 0 Å². The zero-order valence-corrected chi connectivity index (χ0v) is 81.7. The first kappa shape index (κ1) is 109. The lowest BCUT2D eigenvalue weighted by Crippen LogP contribution is -2.65. The normalized spacial score (nSPS) is 26.4. The number of benzene rings is 7. The first-order chi connectivity index (χ1) is 70.1. The van der Waals surface area contributed by atoms with Crippen molar-refractivity contribution < 1.29 is 162 Å². The van der Waals surface area contributed by atoms with E-state index in [2.05, 4.69) is 67.0 Å². The number of hydrogen-bond acceptors (Lipinski definition) is 36. The van der Waals surface area contributed by atoms with Crippen molar-refractivity contribution in [1.29, 1.82) is 0 Å². The third-order valence-corrected chi connectivity index (χ3v) is 26.4. The maximum atomic E-state index is 17.3. The van der Waals surface area contributed by atoms with Gasteiger partial charge in [-0.15, -0.1) is 0 Å². The Morgan fingerprint density at radius 2 is 1.12 bits per heavy atom. The van der Waals surface area contributed by atoms with Gasteiger partial charge in [0.05, 0.1) is 35.9 Å². The van der Waals surface area contributed by atoms with Crippen molar-refractivity contribution in [3.05, 3.63) is 176 Å². The lowest BCUT2D eigenvalue weighted by molar-refractivity contribution is -0.284. The van der Waals surface area contributed by atoms with Gasteiger partial charge >= 0.3 is 0 Å². The Labute approximate surface area is 850 Å². The Morgan fingerprint density at radius 3 is 1.77 bits per heavy atom. The number of phenols is 4. The summed E-state index contributed by atoms with van der Waals surface area (Å²) < 4.78 is 58.4. The summed E-state index contributed by atoms with van der Waals surface area (Å²) in [7, 11) is 3.46. The molecule has 0 saturated carbocycles. The predicted molar refractivity (Wildman–Crippen MR) is 517 cm³/mol. The van der Waals surface area contributed by atoms with Gasteiger partial charge in [0.2, 0.25) is 76.9 Å². The average molecular weight is 2090 g/mol. The number of fused-ring (bicyclic) bond motifs is 14. The van der Waals surface area contributed by atoms with E-state index in [9.17, 15) is 85.9 Å². The molecular formula is C99H119Cl2N13O33. The summed E-state index contributed by atoms with van der Waals surface area (Å²) in [5.74, 6) is -21.8. The number of nitrogens with one attached hydrogen (secondary N) is 10. The highest BCUT2D eigenvalue weighted by atomic mass is 35.5. The molecule has 147 heavy (non-hydrogen) atoms. The van der Waals surface area contributed by atoms with Crippen LogP contribution in [-0.2, 0) is 73.3 Å². The molecule has 28 N–H and O–H groups in total. The fraction of sp³-hybridized carbons (Fsp3) is 0.455. The molecule has 9 aliphatic rings. The predicted octanol–water partition coefficient (Wildman–Crippen LogP) is 2.22. The molecule has 22 atom stereocenters. The highest BCUT2D eigenvalue weighted by molar-refractivity contribution is 6.32. The zero-order valence-electron chi connectivity index (χ0n) is 80.1. The second-order valence-electron chi connectivity index (χ2n) is 37.4. The molecule has 7 aromatic carbocycles. The lowest BCUT2D eigenvalue weighted by Gasteiger charge is -2.44. The summed E-state index contributed by atoms with van der Waals surface area (Å²) in [4.78, 5) is 159. The van der Waals surface area contributed by atoms with Gasteiger partial charge in [-0.3, -0.25) is 47.9 Å². The second kappa shape index (κ2) is 48.2. The molecule has 17 bridgehead atoms. The number of nitrogens with two attached hydrogens (primary N) is 2. The van der Waals surface area contributed by atoms with Gasteiger partial charge in [-0.05, 0) is 177 Å². The first-order valence-electron chi connectivity index (χ1n) is 47.7. The van der Waals surface area contributed by atoms with Crippen LogP contribution in [0.25, 0.3) is 11.1 Å². The molecule has 0 aromatic heterocycles. The van der Waals surface area contributed by atoms with E-state index in [1.807, 2.05) is 0 Å². The van der Waals surface area contributed by atoms with E-state index in [0.717, 1.165) is 117 Å². The number of nitrogens with zero attached hydrogens (tertiary/aromatic N) is 1. The van der Waals surface area contributed by atoms with Crippen molar-refractivity contribution in [1.82, 2.24) is 58.1 Å². The molecule has 16 rings (SSSR count). The van der Waals surface area contributed by atoms with Crippen molar-refractivity contribution >= 4 is 82.3 Å². The number of unbranched alkanes of at least 4 members (excludes halogenated alkanes) is 4. The second-order valence-corrected chi connectivity index (χ2v) is 38.2. The number of aliphatic hydroxyl groups excluding tert-OH is 10. The highest BCUT2D eigenvalue weighted by Gasteiger charge is 2.52. The van der Waals surface area contributed by atoms with Crippen LogP contribution >= 0.6 is 23.2 Å². The summed E-state index contributed by atoms with van der Waals surface area (Å²) in [6, 6.07) is -0.385. The number of halogens is 2. The van der Waals surface area contributed by atoms with Crippen LogP contribution in [0.5, 0.6) is 69.0 Å². The Bertz CT molecular complexity index is 6080. The molecule has 7 aromatic rings. The minimum Gasteiger partial charge on any atom is -0.508 e. The largest absolute Gasteiger partial charge is 0.508 e. The van der Waals surface area contributed by atoms with Crippen molar-refractivity contribution in [2.45, 2.75) is 226 Å². The number of aromatic hydroxyl groups is 4. The molecular weight excluding hydrogens is 1970 g/mol. The van der Waals surface area contributed by atoms with Gasteiger partial charge in [0.1, 0.15) is 150 Å². The molecule has 2 saturated heterocycles. The number of aliphatic hydroxyl groups is 10. The van der Waals surface area contributed by atoms with Crippen molar-refractivity contribution in [3.8, 4) is 80.1 Å². The Morgan fingerprint density at radius 1 is 0.531 bits per heavy atom. The van der Waals surface area contributed by atoms with Gasteiger partial charge in [0.15, 0.2) is 35.0 Å². The van der Waals surface area contributed by atoms with Gasteiger partial charge < -0.3 is 184 Å². The number of hydrogen-bond donors (Lipinski definition) is 26. The van der Waals surface area contributed by atoms with E-state index in [1.165, 1.54) is 24.3 Å². The van der Waals surface area contributed by atoms with Gasteiger partial charge in [-0.25, -0.2) is 0 Å². The molecule has 10 amide bonds. The SMILES string of the molecule is CC(=O)N[C@H]1[C@H](O[C@@H]2c3ccc(c(Cl)c3)Oc3cc4cc(c3O[C@@H]3O[C@H](CO)[C@@H](O)[C@H](O)[C@H]3NC(=O)CCCCCCC(C)C)Oc3ccc(cc3Cl)C[C@H]3NC(=O)[C@@H](NC(=O)[C@@H](N)CCCCN)c5ccc(O)c(c5)Oc5cc(O)cc(c5)[C@H](NC3=O)C(=O)N[C@H]4C(=O)N[C@H]3C(=O)N[C@@H]2C(=O)N[C@@H](C(=O)NCCCN(C)C)c2cc(O)cc(O[C@H]4O[C@H](CO)[C@@H](O)C(O)=C4O)c2-c2cc3ccc2O)O[C@H](CO)[C@@H](O)[C@@H]1O. The first-order valence-corrected chi connectivity index (χ1v) is 48.4. The average Bonchev–Trinajstić information content (AvgIpc) is 0.752. The molecule has 0 spiro atoms. The summed E-state index contributed by atoms with van der Waals surface area (Å²) >= 11 is 15.0. The summed E-state index contributed by atoms with van der Waals surface area (Å²) in [6.07, 6.45) is -20.8. The Hall–Kier alpha value is -13.2. The number of ether oxygens (including phenoxy) is 9. The smallest absolute Gasteiger partial charge is 0.262 e. The third-order valence-electron chi connectivity index (χ3n) is 25.8. The van der Waals surface area contributed by atoms with E-state index in [0.29, 0.717) is 38.1 Å². The molecule has 2 fully saturated rings. The van der Waals surface area contributed by atoms with Gasteiger partial charge in [0, 0.05) is 49.6 Å². The molecule has 0 aliphatic carbocycles.